The molecule has 0 aliphatic rings. The van der Waals surface area contributed by atoms with Crippen molar-refractivity contribution in [2.24, 2.45) is 12.0 Å². The predicted octanol–water partition coefficient (Wildman–Crippen LogP) is 3.94. The first-order valence-corrected chi connectivity index (χ1v) is 10.2. The van der Waals surface area contributed by atoms with Gasteiger partial charge in [-0.25, -0.2) is 9.98 Å². The first-order chi connectivity index (χ1) is 13.3. The molecule has 0 aromatic carbocycles. The Kier molecular flexibility index (Phi) is 10.4. The first kappa shape index (κ1) is 25.7. The fraction of sp³-hybridized carbons (Fsp3) is 0.611. The summed E-state index contributed by atoms with van der Waals surface area (Å²) in [5, 5.41) is 12.4. The average Bonchev–Trinajstić information content (AvgIpc) is 3.23. The van der Waals surface area contributed by atoms with E-state index in [1.54, 1.807) is 0 Å². The SMILES string of the molecule is CCNC(=NCc1c(CC)nn(C)c1CC)NCCc1nc(C(F)(F)F)cs1.I. The van der Waals surface area contributed by atoms with Crippen molar-refractivity contribution in [3.63, 3.8) is 0 Å². The van der Waals surface area contributed by atoms with E-state index in [1.807, 2.05) is 18.7 Å². The number of aryl methyl sites for hydroxylation is 2. The number of guanidine groups is 1. The largest absolute Gasteiger partial charge is 0.434 e. The van der Waals surface area contributed by atoms with Gasteiger partial charge in [-0.1, -0.05) is 13.8 Å². The van der Waals surface area contributed by atoms with Crippen molar-refractivity contribution in [3.05, 3.63) is 33.0 Å². The van der Waals surface area contributed by atoms with Gasteiger partial charge in [-0.05, 0) is 19.8 Å². The number of aliphatic imine (C=N–C) groups is 1. The molecular formula is C18H28F3IN6S. The van der Waals surface area contributed by atoms with E-state index in [9.17, 15) is 13.2 Å². The Morgan fingerprint density at radius 1 is 1.21 bits per heavy atom. The lowest BCUT2D eigenvalue weighted by atomic mass is 10.1. The van der Waals surface area contributed by atoms with E-state index in [2.05, 4.69) is 39.6 Å². The second-order valence-corrected chi connectivity index (χ2v) is 7.14. The lowest BCUT2D eigenvalue weighted by molar-refractivity contribution is -0.140. The summed E-state index contributed by atoms with van der Waals surface area (Å²) in [5.74, 6) is 0.628. The molecule has 0 aliphatic carbocycles. The van der Waals surface area contributed by atoms with E-state index in [0.29, 0.717) is 37.0 Å². The standard InChI is InChI=1S/C18H27F3N6S.HI/c1-5-13-12(14(6-2)27(4)26-13)10-24-17(22-7-3)23-9-8-16-25-15(11-28-16)18(19,20)21;/h11H,5-10H2,1-4H3,(H2,22,23,24);1H. The van der Waals surface area contributed by atoms with Crippen molar-refractivity contribution in [2.75, 3.05) is 13.1 Å². The minimum absolute atomic E-state index is 0. The second kappa shape index (κ2) is 11.7. The molecule has 6 nitrogen and oxygen atoms in total. The Morgan fingerprint density at radius 2 is 1.93 bits per heavy atom. The van der Waals surface area contributed by atoms with Crippen LogP contribution < -0.4 is 10.6 Å². The molecule has 29 heavy (non-hydrogen) atoms. The van der Waals surface area contributed by atoms with Crippen LogP contribution in [0.3, 0.4) is 0 Å². The highest BCUT2D eigenvalue weighted by molar-refractivity contribution is 14.0. The van der Waals surface area contributed by atoms with Gasteiger partial charge in [0.25, 0.3) is 0 Å². The smallest absolute Gasteiger partial charge is 0.357 e. The molecule has 0 unspecified atom stereocenters. The number of halogens is 4. The number of alkyl halides is 3. The topological polar surface area (TPSA) is 67.1 Å². The van der Waals surface area contributed by atoms with Gasteiger partial charge in [0.05, 0.1) is 17.2 Å². The van der Waals surface area contributed by atoms with Gasteiger partial charge in [0.2, 0.25) is 0 Å². The van der Waals surface area contributed by atoms with Crippen LogP contribution >= 0.6 is 35.3 Å². The summed E-state index contributed by atoms with van der Waals surface area (Å²) >= 11 is 1.02. The molecule has 2 heterocycles. The molecule has 0 spiro atoms. The van der Waals surface area contributed by atoms with Crippen LogP contribution in [0.2, 0.25) is 0 Å². The number of hydrogen-bond acceptors (Lipinski definition) is 4. The van der Waals surface area contributed by atoms with Gasteiger partial charge in [0, 0.05) is 43.2 Å². The molecule has 0 atom stereocenters. The Bertz CT molecular complexity index is 800. The predicted molar refractivity (Wildman–Crippen MR) is 121 cm³/mol. The van der Waals surface area contributed by atoms with Gasteiger partial charge in [-0.15, -0.1) is 35.3 Å². The van der Waals surface area contributed by atoms with Gasteiger partial charge in [0.1, 0.15) is 0 Å². The van der Waals surface area contributed by atoms with Crippen LogP contribution in [0.1, 0.15) is 48.4 Å². The Balaban J connectivity index is 0.00000420. The van der Waals surface area contributed by atoms with E-state index in [4.69, 9.17) is 0 Å². The van der Waals surface area contributed by atoms with Gasteiger partial charge in [-0.2, -0.15) is 18.3 Å². The molecule has 0 saturated heterocycles. The minimum atomic E-state index is -4.39. The van der Waals surface area contributed by atoms with Crippen molar-refractivity contribution >= 4 is 41.3 Å². The van der Waals surface area contributed by atoms with Crippen molar-refractivity contribution < 1.29 is 13.2 Å². The molecule has 2 aromatic heterocycles. The van der Waals surface area contributed by atoms with Crippen LogP contribution in [0.4, 0.5) is 13.2 Å². The van der Waals surface area contributed by atoms with E-state index in [1.165, 1.54) is 5.69 Å². The van der Waals surface area contributed by atoms with E-state index in [-0.39, 0.29) is 24.0 Å². The quantitative estimate of drug-likeness (QED) is 0.300. The summed E-state index contributed by atoms with van der Waals surface area (Å²) < 4.78 is 39.8. The molecule has 0 amide bonds. The molecule has 11 heteroatoms. The molecule has 2 N–H and O–H groups in total. The lowest BCUT2D eigenvalue weighted by Crippen LogP contribution is -2.38. The lowest BCUT2D eigenvalue weighted by Gasteiger charge is -2.11. The maximum Gasteiger partial charge on any atom is 0.434 e. The molecule has 0 bridgehead atoms. The number of nitrogens with zero attached hydrogens (tertiary/aromatic N) is 4. The second-order valence-electron chi connectivity index (χ2n) is 6.20. The van der Waals surface area contributed by atoms with Gasteiger partial charge in [0.15, 0.2) is 11.7 Å². The molecular weight excluding hydrogens is 516 g/mol. The van der Waals surface area contributed by atoms with Gasteiger partial charge < -0.3 is 10.6 Å². The van der Waals surface area contributed by atoms with Gasteiger partial charge >= 0.3 is 6.18 Å². The van der Waals surface area contributed by atoms with Gasteiger partial charge in [-0.3, -0.25) is 4.68 Å². The third kappa shape index (κ3) is 7.12. The zero-order valence-corrected chi connectivity index (χ0v) is 20.2. The van der Waals surface area contributed by atoms with Crippen LogP contribution in [0.25, 0.3) is 0 Å². The highest BCUT2D eigenvalue weighted by Gasteiger charge is 2.33. The Morgan fingerprint density at radius 3 is 2.48 bits per heavy atom. The van der Waals surface area contributed by atoms with Crippen LogP contribution in [-0.4, -0.2) is 33.8 Å². The highest BCUT2D eigenvalue weighted by atomic mass is 127. The normalized spacial score (nSPS) is 12.0. The summed E-state index contributed by atoms with van der Waals surface area (Å²) in [4.78, 5) is 8.28. The fourth-order valence-electron chi connectivity index (χ4n) is 2.92. The maximum absolute atomic E-state index is 12.6. The molecule has 2 rings (SSSR count). The summed E-state index contributed by atoms with van der Waals surface area (Å²) in [7, 11) is 1.94. The van der Waals surface area contributed by atoms with Crippen LogP contribution in [-0.2, 0) is 39.0 Å². The van der Waals surface area contributed by atoms with Crippen LogP contribution in [0, 0.1) is 0 Å². The minimum Gasteiger partial charge on any atom is -0.357 e. The zero-order chi connectivity index (χ0) is 20.7. The molecule has 164 valence electrons. The van der Waals surface area contributed by atoms with E-state index >= 15 is 0 Å². The molecule has 0 saturated carbocycles. The Hall–Kier alpha value is -1.37. The third-order valence-electron chi connectivity index (χ3n) is 4.24. The van der Waals surface area contributed by atoms with E-state index < -0.39 is 11.9 Å². The number of rotatable bonds is 8. The third-order valence-corrected chi connectivity index (χ3v) is 5.15. The van der Waals surface area contributed by atoms with E-state index in [0.717, 1.165) is 40.8 Å². The van der Waals surface area contributed by atoms with Crippen LogP contribution in [0.15, 0.2) is 10.4 Å². The number of nitrogens with one attached hydrogen (secondary N) is 2. The average molecular weight is 544 g/mol. The van der Waals surface area contributed by atoms with Crippen molar-refractivity contribution in [1.29, 1.82) is 0 Å². The van der Waals surface area contributed by atoms with Crippen molar-refractivity contribution in [3.8, 4) is 0 Å². The summed E-state index contributed by atoms with van der Waals surface area (Å²) in [5.41, 5.74) is 2.52. The summed E-state index contributed by atoms with van der Waals surface area (Å²) in [6.45, 7) is 7.77. The highest BCUT2D eigenvalue weighted by Crippen LogP contribution is 2.30. The number of hydrogen-bond donors (Lipinski definition) is 2. The molecule has 0 radical (unpaired) electrons. The van der Waals surface area contributed by atoms with Crippen molar-refractivity contribution in [1.82, 2.24) is 25.4 Å². The number of thiazole rings is 1. The number of aromatic nitrogens is 3. The zero-order valence-electron chi connectivity index (χ0n) is 17.1. The molecule has 0 aliphatic heterocycles. The fourth-order valence-corrected chi connectivity index (χ4v) is 3.72. The monoisotopic (exact) mass is 544 g/mol. The first-order valence-electron chi connectivity index (χ1n) is 9.37. The molecule has 0 fully saturated rings. The van der Waals surface area contributed by atoms with Crippen molar-refractivity contribution in [2.45, 2.75) is 52.8 Å². The maximum atomic E-state index is 12.6. The van der Waals surface area contributed by atoms with Crippen LogP contribution in [0.5, 0.6) is 0 Å². The Labute approximate surface area is 190 Å². The molecule has 2 aromatic rings. The summed E-state index contributed by atoms with van der Waals surface area (Å²) in [6, 6.07) is 0. The summed E-state index contributed by atoms with van der Waals surface area (Å²) in [6.07, 6.45) is -2.27.